The number of aryl methyl sites for hydroxylation is 2. The van der Waals surface area contributed by atoms with Gasteiger partial charge in [0.25, 0.3) is 10.0 Å². The van der Waals surface area contributed by atoms with Crippen LogP contribution in [0, 0.1) is 6.92 Å². The Balaban J connectivity index is 1.89. The van der Waals surface area contributed by atoms with E-state index in [0.717, 1.165) is 24.2 Å². The van der Waals surface area contributed by atoms with Crippen molar-refractivity contribution in [2.45, 2.75) is 51.0 Å². The van der Waals surface area contributed by atoms with Gasteiger partial charge in [0.15, 0.2) is 0 Å². The Morgan fingerprint density at radius 2 is 1.96 bits per heavy atom. The largest absolute Gasteiger partial charge is 0.488 e. The zero-order valence-corrected chi connectivity index (χ0v) is 17.4. The van der Waals surface area contributed by atoms with Gasteiger partial charge in [-0.1, -0.05) is 6.07 Å². The van der Waals surface area contributed by atoms with Gasteiger partial charge in [0, 0.05) is 0 Å². The van der Waals surface area contributed by atoms with Crippen LogP contribution < -0.4 is 9.46 Å². The van der Waals surface area contributed by atoms with Crippen LogP contribution in [0.3, 0.4) is 0 Å². The molecular weight excluding hydrogens is 378 g/mol. The lowest BCUT2D eigenvalue weighted by molar-refractivity contribution is 0.0526. The number of sulfonamides is 1. The smallest absolute Gasteiger partial charge is 0.338 e. The number of hydrogen-bond acceptors (Lipinski definition) is 5. The first-order valence-electron chi connectivity index (χ1n) is 9.24. The topological polar surface area (TPSA) is 81.7 Å². The summed E-state index contributed by atoms with van der Waals surface area (Å²) in [6.45, 7) is 7.77. The highest BCUT2D eigenvalue weighted by Crippen LogP contribution is 2.34. The van der Waals surface area contributed by atoms with E-state index >= 15 is 0 Å². The van der Waals surface area contributed by atoms with Crippen molar-refractivity contribution < 1.29 is 22.7 Å². The summed E-state index contributed by atoms with van der Waals surface area (Å²) in [5.41, 5.74) is 1.97. The third kappa shape index (κ3) is 4.30. The number of ether oxygens (including phenoxy) is 2. The number of hydrogen-bond donors (Lipinski definition) is 1. The number of fused-ring (bicyclic) bond motifs is 1. The lowest BCUT2D eigenvalue weighted by Crippen LogP contribution is -2.32. The average Bonchev–Trinajstić information content (AvgIpc) is 2.62. The van der Waals surface area contributed by atoms with Crippen LogP contribution in [0.1, 0.15) is 48.7 Å². The fourth-order valence-corrected chi connectivity index (χ4v) is 4.25. The first kappa shape index (κ1) is 20.2. The minimum Gasteiger partial charge on any atom is -0.488 e. The van der Waals surface area contributed by atoms with Gasteiger partial charge in [-0.2, -0.15) is 0 Å². The van der Waals surface area contributed by atoms with E-state index in [2.05, 4.69) is 4.72 Å². The number of carbonyl (C=O) groups excluding carboxylic acids is 1. The molecular formula is C21H25NO5S. The predicted octanol–water partition coefficient (Wildman–Crippen LogP) is 4.08. The van der Waals surface area contributed by atoms with Crippen molar-refractivity contribution in [1.82, 2.24) is 0 Å². The maximum absolute atomic E-state index is 12.9. The molecule has 2 aromatic rings. The Bertz CT molecular complexity index is 1010. The first-order chi connectivity index (χ1) is 13.1. The van der Waals surface area contributed by atoms with Crippen molar-refractivity contribution in [3.05, 3.63) is 53.1 Å². The van der Waals surface area contributed by atoms with Crippen molar-refractivity contribution in [1.29, 1.82) is 0 Å². The molecule has 1 aliphatic rings. The second-order valence-corrected chi connectivity index (χ2v) is 9.17. The normalized spacial score (nSPS) is 15.3. The van der Waals surface area contributed by atoms with Crippen LogP contribution in [0.25, 0.3) is 0 Å². The molecule has 28 heavy (non-hydrogen) atoms. The molecule has 0 amide bonds. The first-order valence-corrected chi connectivity index (χ1v) is 10.7. The van der Waals surface area contributed by atoms with Gasteiger partial charge in [-0.05, 0) is 82.0 Å². The van der Waals surface area contributed by atoms with Crippen LogP contribution >= 0.6 is 0 Å². The van der Waals surface area contributed by atoms with Crippen LogP contribution in [-0.2, 0) is 21.2 Å². The number of rotatable bonds is 5. The van der Waals surface area contributed by atoms with Gasteiger partial charge in [0.05, 0.1) is 22.8 Å². The van der Waals surface area contributed by atoms with Crippen LogP contribution in [-0.4, -0.2) is 26.6 Å². The van der Waals surface area contributed by atoms with Crippen molar-refractivity contribution in [2.75, 3.05) is 11.3 Å². The maximum atomic E-state index is 12.9. The minimum atomic E-state index is -3.81. The Morgan fingerprint density at radius 1 is 1.21 bits per heavy atom. The van der Waals surface area contributed by atoms with Gasteiger partial charge < -0.3 is 9.47 Å². The highest BCUT2D eigenvalue weighted by Gasteiger charge is 2.28. The van der Waals surface area contributed by atoms with Crippen LogP contribution in [0.4, 0.5) is 5.69 Å². The van der Waals surface area contributed by atoms with Crippen molar-refractivity contribution in [3.8, 4) is 5.75 Å². The fraction of sp³-hybridized carbons (Fsp3) is 0.381. The van der Waals surface area contributed by atoms with E-state index in [-0.39, 0.29) is 17.1 Å². The van der Waals surface area contributed by atoms with Gasteiger partial charge >= 0.3 is 5.97 Å². The Labute approximate surface area is 165 Å². The van der Waals surface area contributed by atoms with Crippen LogP contribution in [0.5, 0.6) is 5.75 Å². The average molecular weight is 404 g/mol. The molecule has 1 N–H and O–H groups in total. The third-order valence-corrected chi connectivity index (χ3v) is 6.08. The molecule has 0 atom stereocenters. The number of benzene rings is 2. The lowest BCUT2D eigenvalue weighted by Gasteiger charge is -2.32. The molecule has 0 aromatic heterocycles. The minimum absolute atomic E-state index is 0.162. The summed E-state index contributed by atoms with van der Waals surface area (Å²) >= 11 is 0. The molecule has 0 aliphatic carbocycles. The molecule has 1 heterocycles. The Kier molecular flexibility index (Phi) is 5.39. The van der Waals surface area contributed by atoms with Crippen molar-refractivity contribution in [2.24, 2.45) is 0 Å². The molecule has 2 aromatic carbocycles. The van der Waals surface area contributed by atoms with E-state index in [1.165, 1.54) is 12.1 Å². The molecule has 6 nitrogen and oxygen atoms in total. The zero-order valence-electron chi connectivity index (χ0n) is 16.5. The molecule has 0 bridgehead atoms. The third-order valence-electron chi connectivity index (χ3n) is 4.72. The molecule has 0 unspecified atom stereocenters. The molecule has 1 aliphatic heterocycles. The van der Waals surface area contributed by atoms with Crippen molar-refractivity contribution in [3.63, 3.8) is 0 Å². The zero-order chi connectivity index (χ0) is 20.5. The summed E-state index contributed by atoms with van der Waals surface area (Å²) < 4.78 is 39.3. The van der Waals surface area contributed by atoms with E-state index in [9.17, 15) is 13.2 Å². The molecule has 0 fully saturated rings. The summed E-state index contributed by atoms with van der Waals surface area (Å²) in [6.07, 6.45) is 1.57. The van der Waals surface area contributed by atoms with Gasteiger partial charge in [0.2, 0.25) is 0 Å². The summed E-state index contributed by atoms with van der Waals surface area (Å²) in [7, 11) is -3.81. The number of esters is 1. The van der Waals surface area contributed by atoms with E-state index < -0.39 is 16.0 Å². The van der Waals surface area contributed by atoms with Gasteiger partial charge in [-0.3, -0.25) is 4.72 Å². The molecule has 0 saturated carbocycles. The second kappa shape index (κ2) is 7.47. The predicted molar refractivity (Wildman–Crippen MR) is 107 cm³/mol. The van der Waals surface area contributed by atoms with E-state index in [1.54, 1.807) is 38.1 Å². The summed E-state index contributed by atoms with van der Waals surface area (Å²) in [5.74, 6) is 0.229. The molecule has 0 saturated heterocycles. The van der Waals surface area contributed by atoms with Crippen LogP contribution in [0.2, 0.25) is 0 Å². The Hall–Kier alpha value is -2.54. The van der Waals surface area contributed by atoms with Gasteiger partial charge in [-0.25, -0.2) is 13.2 Å². The molecule has 0 spiro atoms. The molecule has 150 valence electrons. The SMILES string of the molecule is CCOC(=O)c1ccc(C)c(NS(=O)(=O)c2ccc3c(c2)CCC(C)(C)O3)c1. The molecule has 7 heteroatoms. The highest BCUT2D eigenvalue weighted by molar-refractivity contribution is 7.92. The summed E-state index contributed by atoms with van der Waals surface area (Å²) in [5, 5.41) is 0. The maximum Gasteiger partial charge on any atom is 0.338 e. The summed E-state index contributed by atoms with van der Waals surface area (Å²) in [6, 6.07) is 9.68. The second-order valence-electron chi connectivity index (χ2n) is 7.49. The standard InChI is InChI=1S/C21H25NO5S/c1-5-26-20(23)16-7-6-14(2)18(13-16)22-28(24,25)17-8-9-19-15(12-17)10-11-21(3,4)27-19/h6-9,12-13,22H,5,10-11H2,1-4H3. The number of carbonyl (C=O) groups is 1. The monoisotopic (exact) mass is 403 g/mol. The quantitative estimate of drug-likeness (QED) is 0.761. The van der Waals surface area contributed by atoms with Gasteiger partial charge in [-0.15, -0.1) is 0 Å². The Morgan fingerprint density at radius 3 is 2.68 bits per heavy atom. The summed E-state index contributed by atoms with van der Waals surface area (Å²) in [4.78, 5) is 12.1. The van der Waals surface area contributed by atoms with Gasteiger partial charge in [0.1, 0.15) is 11.4 Å². The molecule has 0 radical (unpaired) electrons. The van der Waals surface area contributed by atoms with Crippen LogP contribution in [0.15, 0.2) is 41.3 Å². The number of anilines is 1. The van der Waals surface area contributed by atoms with E-state index in [1.807, 2.05) is 13.8 Å². The van der Waals surface area contributed by atoms with Crippen molar-refractivity contribution >= 4 is 21.7 Å². The molecule has 3 rings (SSSR count). The highest BCUT2D eigenvalue weighted by atomic mass is 32.2. The van der Waals surface area contributed by atoms with E-state index in [0.29, 0.717) is 16.8 Å². The van der Waals surface area contributed by atoms with E-state index in [4.69, 9.17) is 9.47 Å². The fourth-order valence-electron chi connectivity index (χ4n) is 3.08. The number of nitrogens with one attached hydrogen (secondary N) is 1. The lowest BCUT2D eigenvalue weighted by atomic mass is 9.94.